The van der Waals surface area contributed by atoms with E-state index in [1.54, 1.807) is 24.3 Å². The van der Waals surface area contributed by atoms with Gasteiger partial charge in [-0.15, -0.1) is 0 Å². The van der Waals surface area contributed by atoms with Crippen LogP contribution in [0.3, 0.4) is 0 Å². The molecule has 1 aromatic carbocycles. The Morgan fingerprint density at radius 1 is 1.05 bits per heavy atom. The summed E-state index contributed by atoms with van der Waals surface area (Å²) in [6.07, 6.45) is 0.925. The summed E-state index contributed by atoms with van der Waals surface area (Å²) in [7, 11) is 0. The van der Waals surface area contributed by atoms with E-state index in [4.69, 9.17) is 0 Å². The Balaban J connectivity index is 1.98. The molecule has 0 bridgehead atoms. The van der Waals surface area contributed by atoms with Crippen molar-refractivity contribution in [2.24, 2.45) is 0 Å². The fourth-order valence-electron chi connectivity index (χ4n) is 2.17. The fourth-order valence-corrected chi connectivity index (χ4v) is 2.17. The molecule has 2 aromatic rings. The molecule has 3 rings (SSSR count). The van der Waals surface area contributed by atoms with E-state index in [1.165, 1.54) is 0 Å². The van der Waals surface area contributed by atoms with Gasteiger partial charge < -0.3 is 4.98 Å². The summed E-state index contributed by atoms with van der Waals surface area (Å²) in [5, 5.41) is 0. The number of amides is 2. The van der Waals surface area contributed by atoms with Gasteiger partial charge in [-0.2, -0.15) is 0 Å². The van der Waals surface area contributed by atoms with Crippen LogP contribution >= 0.6 is 0 Å². The van der Waals surface area contributed by atoms with Crippen molar-refractivity contribution in [1.82, 2.24) is 9.88 Å². The maximum absolute atomic E-state index is 13.1. The topological polar surface area (TPSA) is 70.2 Å². The van der Waals surface area contributed by atoms with Crippen LogP contribution in [0.1, 0.15) is 26.3 Å². The van der Waals surface area contributed by atoms with Crippen LogP contribution in [0.5, 0.6) is 0 Å². The second-order valence-corrected chi connectivity index (χ2v) is 4.41. The first-order valence-electron chi connectivity index (χ1n) is 5.90. The molecule has 100 valence electrons. The molecule has 1 aliphatic heterocycles. The van der Waals surface area contributed by atoms with Gasteiger partial charge >= 0.3 is 0 Å². The smallest absolute Gasteiger partial charge is 0.261 e. The highest BCUT2D eigenvalue weighted by atomic mass is 19.1. The van der Waals surface area contributed by atoms with E-state index in [2.05, 4.69) is 4.98 Å². The highest BCUT2D eigenvalue weighted by molar-refractivity contribution is 6.21. The van der Waals surface area contributed by atoms with Crippen LogP contribution < -0.4 is 5.56 Å². The molecule has 2 heterocycles. The summed E-state index contributed by atoms with van der Waals surface area (Å²) in [6, 6.07) is 7.42. The maximum atomic E-state index is 13.1. The van der Waals surface area contributed by atoms with Crippen LogP contribution in [0.2, 0.25) is 0 Å². The first-order valence-corrected chi connectivity index (χ1v) is 5.90. The summed E-state index contributed by atoms with van der Waals surface area (Å²) < 4.78 is 13.1. The number of carbonyl (C=O) groups excluding carboxylic acids is 2. The maximum Gasteiger partial charge on any atom is 0.261 e. The third-order valence-corrected chi connectivity index (χ3v) is 3.15. The molecule has 0 atom stereocenters. The van der Waals surface area contributed by atoms with Crippen molar-refractivity contribution >= 4 is 11.8 Å². The Hall–Kier alpha value is -2.76. The number of benzene rings is 1. The standard InChI is InChI=1S/C14H9FN2O3/c15-9-5-8(12(18)16-6-9)7-17-13(19)10-3-1-2-4-11(10)14(17)20/h1-6H,7H2,(H,16,18). The van der Waals surface area contributed by atoms with Crippen LogP contribution in [0.4, 0.5) is 4.39 Å². The average Bonchev–Trinajstić information content (AvgIpc) is 2.68. The molecule has 2 amide bonds. The second kappa shape index (κ2) is 4.41. The lowest BCUT2D eigenvalue weighted by Gasteiger charge is -2.13. The third-order valence-electron chi connectivity index (χ3n) is 3.15. The summed E-state index contributed by atoms with van der Waals surface area (Å²) in [4.78, 5) is 38.9. The third kappa shape index (κ3) is 1.82. The minimum Gasteiger partial charge on any atom is -0.326 e. The lowest BCUT2D eigenvalue weighted by Crippen LogP contribution is -2.31. The summed E-state index contributed by atoms with van der Waals surface area (Å²) in [5.74, 6) is -1.58. The van der Waals surface area contributed by atoms with E-state index in [-0.39, 0.29) is 12.1 Å². The number of aromatic amines is 1. The SMILES string of the molecule is O=C1c2ccccc2C(=O)N1Cc1cc(F)c[nH]c1=O. The molecule has 20 heavy (non-hydrogen) atoms. The zero-order valence-corrected chi connectivity index (χ0v) is 10.2. The molecule has 5 nitrogen and oxygen atoms in total. The number of hydrogen-bond donors (Lipinski definition) is 1. The zero-order valence-electron chi connectivity index (χ0n) is 10.2. The lowest BCUT2D eigenvalue weighted by atomic mass is 10.1. The molecule has 1 aromatic heterocycles. The number of nitrogens with one attached hydrogen (secondary N) is 1. The van der Waals surface area contributed by atoms with Crippen molar-refractivity contribution in [2.75, 3.05) is 0 Å². The highest BCUT2D eigenvalue weighted by Crippen LogP contribution is 2.23. The molecule has 0 radical (unpaired) electrons. The summed E-state index contributed by atoms with van der Waals surface area (Å²) in [6.45, 7) is -0.251. The van der Waals surface area contributed by atoms with E-state index in [0.29, 0.717) is 11.1 Å². The number of H-pyrrole nitrogens is 1. The number of aromatic nitrogens is 1. The minimum absolute atomic E-state index is 0.0273. The first kappa shape index (κ1) is 12.3. The van der Waals surface area contributed by atoms with Crippen molar-refractivity contribution < 1.29 is 14.0 Å². The summed E-state index contributed by atoms with van der Waals surface area (Å²) in [5.41, 5.74) is 0.0955. The molecular formula is C14H9FN2O3. The lowest BCUT2D eigenvalue weighted by molar-refractivity contribution is 0.0641. The quantitative estimate of drug-likeness (QED) is 0.838. The van der Waals surface area contributed by atoms with Gasteiger partial charge in [0.05, 0.1) is 17.7 Å². The Bertz CT molecular complexity index is 747. The van der Waals surface area contributed by atoms with Crippen LogP contribution in [0, 0.1) is 5.82 Å². The van der Waals surface area contributed by atoms with Crippen LogP contribution in [-0.4, -0.2) is 21.7 Å². The van der Waals surface area contributed by atoms with E-state index >= 15 is 0 Å². The Kier molecular flexibility index (Phi) is 2.71. The van der Waals surface area contributed by atoms with Gasteiger partial charge in [0.15, 0.2) is 0 Å². The zero-order chi connectivity index (χ0) is 14.3. The average molecular weight is 272 g/mol. The van der Waals surface area contributed by atoms with Gasteiger partial charge in [-0.25, -0.2) is 4.39 Å². The van der Waals surface area contributed by atoms with Gasteiger partial charge in [0.2, 0.25) is 0 Å². The van der Waals surface area contributed by atoms with Gasteiger partial charge in [-0.05, 0) is 18.2 Å². The largest absolute Gasteiger partial charge is 0.326 e. The van der Waals surface area contributed by atoms with Crippen molar-refractivity contribution in [3.8, 4) is 0 Å². The predicted molar refractivity (Wildman–Crippen MR) is 67.7 cm³/mol. The molecule has 0 saturated carbocycles. The molecule has 0 aliphatic carbocycles. The van der Waals surface area contributed by atoms with Gasteiger partial charge in [-0.3, -0.25) is 19.3 Å². The number of nitrogens with zero attached hydrogens (tertiary/aromatic N) is 1. The number of halogens is 1. The first-order chi connectivity index (χ1) is 9.58. The number of carbonyl (C=O) groups is 2. The summed E-state index contributed by atoms with van der Waals surface area (Å²) >= 11 is 0. The Labute approximate surface area is 112 Å². The normalized spacial score (nSPS) is 13.8. The van der Waals surface area contributed by atoms with Gasteiger partial charge in [0.1, 0.15) is 5.82 Å². The predicted octanol–water partition coefficient (Wildman–Crippen LogP) is 1.31. The number of rotatable bonds is 2. The minimum atomic E-state index is -0.629. The van der Waals surface area contributed by atoms with E-state index in [0.717, 1.165) is 17.2 Å². The molecular weight excluding hydrogens is 263 g/mol. The number of imide groups is 1. The van der Waals surface area contributed by atoms with Crippen molar-refractivity contribution in [1.29, 1.82) is 0 Å². The number of pyridine rings is 1. The highest BCUT2D eigenvalue weighted by Gasteiger charge is 2.35. The Morgan fingerprint density at radius 2 is 1.65 bits per heavy atom. The Morgan fingerprint density at radius 3 is 2.25 bits per heavy atom. The van der Waals surface area contributed by atoms with E-state index in [9.17, 15) is 18.8 Å². The van der Waals surface area contributed by atoms with Gasteiger partial charge in [-0.1, -0.05) is 12.1 Å². The van der Waals surface area contributed by atoms with Crippen molar-refractivity contribution in [3.05, 3.63) is 69.4 Å². The molecule has 0 unspecified atom stereocenters. The molecule has 0 spiro atoms. The van der Waals surface area contributed by atoms with Gasteiger partial charge in [0.25, 0.3) is 17.4 Å². The van der Waals surface area contributed by atoms with Crippen LogP contribution in [-0.2, 0) is 6.54 Å². The number of fused-ring (bicyclic) bond motifs is 1. The molecule has 1 N–H and O–H groups in total. The van der Waals surface area contributed by atoms with Crippen LogP contribution in [0.25, 0.3) is 0 Å². The van der Waals surface area contributed by atoms with E-state index < -0.39 is 23.2 Å². The number of hydrogen-bond acceptors (Lipinski definition) is 3. The molecule has 6 heteroatoms. The van der Waals surface area contributed by atoms with Gasteiger partial charge in [0, 0.05) is 11.8 Å². The fraction of sp³-hybridized carbons (Fsp3) is 0.0714. The monoisotopic (exact) mass is 272 g/mol. The molecule has 1 aliphatic rings. The second-order valence-electron chi connectivity index (χ2n) is 4.41. The van der Waals surface area contributed by atoms with Crippen molar-refractivity contribution in [3.63, 3.8) is 0 Å². The molecule has 0 saturated heterocycles. The van der Waals surface area contributed by atoms with Crippen LogP contribution in [0.15, 0.2) is 41.3 Å². The van der Waals surface area contributed by atoms with Crippen molar-refractivity contribution in [2.45, 2.75) is 6.54 Å². The molecule has 0 fully saturated rings. The van der Waals surface area contributed by atoms with E-state index in [1.807, 2.05) is 0 Å².